The van der Waals surface area contributed by atoms with E-state index in [1.54, 1.807) is 6.26 Å². The summed E-state index contributed by atoms with van der Waals surface area (Å²) in [5.74, 6) is -0.820. The van der Waals surface area contributed by atoms with Crippen molar-refractivity contribution in [2.75, 3.05) is 19.7 Å². The van der Waals surface area contributed by atoms with Crippen molar-refractivity contribution < 1.29 is 23.8 Å². The average Bonchev–Trinajstić information content (AvgIpc) is 3.46. The van der Waals surface area contributed by atoms with Gasteiger partial charge in [-0.2, -0.15) is 0 Å². The van der Waals surface area contributed by atoms with E-state index in [4.69, 9.17) is 9.15 Å². The molecule has 2 atom stereocenters. The predicted octanol–water partition coefficient (Wildman–Crippen LogP) is 3.19. The number of aliphatic carboxylic acids is 1. The third kappa shape index (κ3) is 3.44. The minimum Gasteiger partial charge on any atom is -0.481 e. The van der Waals surface area contributed by atoms with E-state index in [2.05, 4.69) is 12.1 Å². The smallest absolute Gasteiger partial charge is 0.309 e. The van der Waals surface area contributed by atoms with Gasteiger partial charge in [-0.3, -0.25) is 9.59 Å². The van der Waals surface area contributed by atoms with Gasteiger partial charge in [-0.05, 0) is 67.7 Å². The molecular weight excluding hydrogens is 370 g/mol. The van der Waals surface area contributed by atoms with Gasteiger partial charge in [0.05, 0.1) is 24.7 Å². The Hall–Kier alpha value is -2.34. The SMILES string of the molecule is O=C(O)C1CCO[C@H]1C1CCN(C(=O)Cc2coc3cc4c(cc23)CCC4)CC1. The first-order valence-corrected chi connectivity index (χ1v) is 10.7. The maximum atomic E-state index is 12.9. The van der Waals surface area contributed by atoms with Crippen LogP contribution in [0.25, 0.3) is 11.0 Å². The second kappa shape index (κ2) is 7.48. The minimum atomic E-state index is -0.760. The molecule has 2 saturated heterocycles. The van der Waals surface area contributed by atoms with Crippen LogP contribution in [0.5, 0.6) is 0 Å². The molecule has 1 amide bonds. The third-order valence-electron chi connectivity index (χ3n) is 7.02. The molecule has 3 heterocycles. The third-order valence-corrected chi connectivity index (χ3v) is 7.02. The lowest BCUT2D eigenvalue weighted by atomic mass is 9.84. The molecule has 0 bridgehead atoms. The topological polar surface area (TPSA) is 80.0 Å². The number of piperidine rings is 1. The molecule has 6 nitrogen and oxygen atoms in total. The first-order chi connectivity index (χ1) is 14.1. The zero-order valence-electron chi connectivity index (χ0n) is 16.6. The molecular formula is C23H27NO5. The van der Waals surface area contributed by atoms with E-state index in [1.165, 1.54) is 17.5 Å². The first kappa shape index (κ1) is 18.7. The van der Waals surface area contributed by atoms with Crippen LogP contribution in [0.1, 0.15) is 42.4 Å². The summed E-state index contributed by atoms with van der Waals surface area (Å²) in [6, 6.07) is 4.34. The number of carboxylic acid groups (broad SMARTS) is 1. The molecule has 1 aliphatic carbocycles. The van der Waals surface area contributed by atoms with E-state index in [1.807, 2.05) is 4.90 Å². The number of hydrogen-bond donors (Lipinski definition) is 1. The van der Waals surface area contributed by atoms with Crippen molar-refractivity contribution >= 4 is 22.8 Å². The average molecular weight is 397 g/mol. The second-order valence-corrected chi connectivity index (χ2v) is 8.70. The van der Waals surface area contributed by atoms with Crippen molar-refractivity contribution in [3.63, 3.8) is 0 Å². The van der Waals surface area contributed by atoms with Crippen molar-refractivity contribution in [2.24, 2.45) is 11.8 Å². The maximum Gasteiger partial charge on any atom is 0.309 e. The molecule has 1 aromatic heterocycles. The normalized spacial score (nSPS) is 24.9. The Morgan fingerprint density at radius 1 is 1.10 bits per heavy atom. The highest BCUT2D eigenvalue weighted by atomic mass is 16.5. The Balaban J connectivity index is 1.23. The van der Waals surface area contributed by atoms with Crippen LogP contribution in [-0.2, 0) is 33.6 Å². The van der Waals surface area contributed by atoms with Gasteiger partial charge in [0.15, 0.2) is 0 Å². The number of carboxylic acids is 1. The first-order valence-electron chi connectivity index (χ1n) is 10.7. The number of carbonyl (C=O) groups is 2. The lowest BCUT2D eigenvalue weighted by Crippen LogP contribution is -2.43. The molecule has 0 radical (unpaired) electrons. The van der Waals surface area contributed by atoms with Gasteiger partial charge >= 0.3 is 5.97 Å². The number of amides is 1. The van der Waals surface area contributed by atoms with Gasteiger partial charge in [-0.15, -0.1) is 0 Å². The Bertz CT molecular complexity index is 940. The molecule has 5 rings (SSSR count). The van der Waals surface area contributed by atoms with Crippen molar-refractivity contribution in [3.05, 3.63) is 35.1 Å². The van der Waals surface area contributed by atoms with Gasteiger partial charge in [-0.1, -0.05) is 0 Å². The van der Waals surface area contributed by atoms with Crippen LogP contribution in [0.4, 0.5) is 0 Å². The van der Waals surface area contributed by atoms with Gasteiger partial charge in [0.25, 0.3) is 0 Å². The number of ether oxygens (including phenoxy) is 1. The van der Waals surface area contributed by atoms with E-state index < -0.39 is 11.9 Å². The molecule has 3 aliphatic rings. The highest BCUT2D eigenvalue weighted by Gasteiger charge is 2.40. The van der Waals surface area contributed by atoms with Gasteiger partial charge < -0.3 is 19.2 Å². The number of fused-ring (bicyclic) bond motifs is 2. The maximum absolute atomic E-state index is 12.9. The lowest BCUT2D eigenvalue weighted by Gasteiger charge is -2.35. The van der Waals surface area contributed by atoms with Crippen molar-refractivity contribution in [2.45, 2.75) is 51.0 Å². The van der Waals surface area contributed by atoms with Gasteiger partial charge in [0.2, 0.25) is 5.91 Å². The van der Waals surface area contributed by atoms with Crippen LogP contribution in [0, 0.1) is 11.8 Å². The number of benzene rings is 1. The summed E-state index contributed by atoms with van der Waals surface area (Å²) >= 11 is 0. The molecule has 6 heteroatoms. The number of likely N-dealkylation sites (tertiary alicyclic amines) is 1. The molecule has 1 N–H and O–H groups in total. The number of furan rings is 1. The standard InChI is InChI=1S/C23H27NO5/c25-21(12-17-13-29-20-11-16-3-1-2-15(16)10-19(17)20)24-7-4-14(5-8-24)22-18(23(26)27)6-9-28-22/h10-11,13-14,18,22H,1-9,12H2,(H,26,27)/t18?,22-/m0/s1. The van der Waals surface area contributed by atoms with Gasteiger partial charge in [0.1, 0.15) is 5.58 Å². The molecule has 1 unspecified atom stereocenters. The van der Waals surface area contributed by atoms with Crippen LogP contribution in [0.15, 0.2) is 22.8 Å². The molecule has 2 fully saturated rings. The molecule has 0 spiro atoms. The van der Waals surface area contributed by atoms with E-state index in [-0.39, 0.29) is 17.9 Å². The van der Waals surface area contributed by atoms with Crippen molar-refractivity contribution in [3.8, 4) is 0 Å². The fourth-order valence-corrected chi connectivity index (χ4v) is 5.38. The lowest BCUT2D eigenvalue weighted by molar-refractivity contribution is -0.145. The molecule has 2 aliphatic heterocycles. The van der Waals surface area contributed by atoms with Crippen LogP contribution >= 0.6 is 0 Å². The summed E-state index contributed by atoms with van der Waals surface area (Å²) in [6.45, 7) is 1.86. The number of aryl methyl sites for hydroxylation is 2. The summed E-state index contributed by atoms with van der Waals surface area (Å²) in [6.07, 6.45) is 7.50. The van der Waals surface area contributed by atoms with E-state index in [0.717, 1.165) is 42.2 Å². The monoisotopic (exact) mass is 397 g/mol. The minimum absolute atomic E-state index is 0.119. The fourth-order valence-electron chi connectivity index (χ4n) is 5.38. The zero-order valence-corrected chi connectivity index (χ0v) is 16.6. The summed E-state index contributed by atoms with van der Waals surface area (Å²) in [5.41, 5.74) is 4.61. The molecule has 2 aromatic rings. The van der Waals surface area contributed by atoms with Crippen LogP contribution in [-0.4, -0.2) is 47.7 Å². The van der Waals surface area contributed by atoms with E-state index in [0.29, 0.717) is 32.5 Å². The number of nitrogens with zero attached hydrogens (tertiary/aromatic N) is 1. The van der Waals surface area contributed by atoms with Crippen LogP contribution < -0.4 is 0 Å². The largest absolute Gasteiger partial charge is 0.481 e. The quantitative estimate of drug-likeness (QED) is 0.857. The van der Waals surface area contributed by atoms with Gasteiger partial charge in [0, 0.05) is 30.6 Å². The zero-order chi connectivity index (χ0) is 20.0. The second-order valence-electron chi connectivity index (χ2n) is 8.70. The Labute approximate surface area is 169 Å². The van der Waals surface area contributed by atoms with Gasteiger partial charge in [-0.25, -0.2) is 0 Å². The molecule has 154 valence electrons. The molecule has 1 aromatic carbocycles. The van der Waals surface area contributed by atoms with Crippen molar-refractivity contribution in [1.29, 1.82) is 0 Å². The molecule has 0 saturated carbocycles. The number of hydrogen-bond acceptors (Lipinski definition) is 4. The Morgan fingerprint density at radius 2 is 1.86 bits per heavy atom. The fraction of sp³-hybridized carbons (Fsp3) is 0.565. The number of rotatable bonds is 4. The predicted molar refractivity (Wildman–Crippen MR) is 107 cm³/mol. The molecule has 29 heavy (non-hydrogen) atoms. The van der Waals surface area contributed by atoms with Crippen LogP contribution in [0.3, 0.4) is 0 Å². The van der Waals surface area contributed by atoms with E-state index >= 15 is 0 Å². The highest BCUT2D eigenvalue weighted by Crippen LogP contribution is 2.34. The summed E-state index contributed by atoms with van der Waals surface area (Å²) in [5, 5.41) is 10.5. The highest BCUT2D eigenvalue weighted by molar-refractivity contribution is 5.88. The van der Waals surface area contributed by atoms with E-state index in [9.17, 15) is 14.7 Å². The Kier molecular flexibility index (Phi) is 4.82. The Morgan fingerprint density at radius 3 is 2.62 bits per heavy atom. The van der Waals surface area contributed by atoms with Crippen LogP contribution in [0.2, 0.25) is 0 Å². The summed E-state index contributed by atoms with van der Waals surface area (Å²) in [4.78, 5) is 26.2. The summed E-state index contributed by atoms with van der Waals surface area (Å²) in [7, 11) is 0. The summed E-state index contributed by atoms with van der Waals surface area (Å²) < 4.78 is 11.5. The van der Waals surface area contributed by atoms with Crippen molar-refractivity contribution in [1.82, 2.24) is 4.90 Å². The number of carbonyl (C=O) groups excluding carboxylic acids is 1.